The summed E-state index contributed by atoms with van der Waals surface area (Å²) in [4.78, 5) is 0. The van der Waals surface area contributed by atoms with Gasteiger partial charge in [0.2, 0.25) is 0 Å². The number of allylic oxidation sites excluding steroid dienone is 1. The van der Waals surface area contributed by atoms with Gasteiger partial charge in [0.1, 0.15) is 11.5 Å². The van der Waals surface area contributed by atoms with Crippen LogP contribution in [0.25, 0.3) is 11.1 Å². The molecule has 0 spiro atoms. The standard InChI is InChI=1S/C38H56O5/c1-31-10-18-35(19-11-31)42-29-7-9-32-12-20-36(21-13-32)40-27-5-3-4-6-28-41-37-22-14-33(15-23-37)34-16-24-38(25-17-34)43-30-8-26-39-2/h14-17,22-25,32,35-36H,1,3-13,18-21,26-30H2,2H3. The third kappa shape index (κ3) is 13.0. The predicted octanol–water partition coefficient (Wildman–Crippen LogP) is 9.58. The summed E-state index contributed by atoms with van der Waals surface area (Å²) < 4.78 is 29.2. The number of methoxy groups -OCH3 is 1. The van der Waals surface area contributed by atoms with Gasteiger partial charge in [-0.2, -0.15) is 0 Å². The molecule has 2 aliphatic rings. The number of ether oxygens (including phenoxy) is 5. The Bertz CT molecular complexity index is 1000. The first kappa shape index (κ1) is 33.6. The van der Waals surface area contributed by atoms with Crippen LogP contribution in [-0.2, 0) is 14.2 Å². The molecule has 0 unspecified atom stereocenters. The second kappa shape index (κ2) is 19.8. The van der Waals surface area contributed by atoms with Gasteiger partial charge in [-0.05, 0) is 125 Å². The minimum Gasteiger partial charge on any atom is -0.494 e. The van der Waals surface area contributed by atoms with Crippen molar-refractivity contribution < 1.29 is 23.7 Å². The highest BCUT2D eigenvalue weighted by Crippen LogP contribution is 2.30. The molecule has 0 atom stereocenters. The molecule has 5 heteroatoms. The van der Waals surface area contributed by atoms with Crippen LogP contribution in [0, 0.1) is 5.92 Å². The average Bonchev–Trinajstić information content (AvgIpc) is 3.05. The van der Waals surface area contributed by atoms with Crippen LogP contribution in [0.2, 0.25) is 0 Å². The topological polar surface area (TPSA) is 46.2 Å². The Balaban J connectivity index is 0.961. The Morgan fingerprint density at radius 2 is 1.07 bits per heavy atom. The van der Waals surface area contributed by atoms with Gasteiger partial charge in [-0.25, -0.2) is 0 Å². The van der Waals surface area contributed by atoms with Crippen molar-refractivity contribution in [1.82, 2.24) is 0 Å². The summed E-state index contributed by atoms with van der Waals surface area (Å²) in [6, 6.07) is 16.6. The van der Waals surface area contributed by atoms with Crippen molar-refractivity contribution in [2.45, 2.75) is 109 Å². The Hall–Kier alpha value is -2.34. The molecule has 2 saturated carbocycles. The van der Waals surface area contributed by atoms with Crippen molar-refractivity contribution in [1.29, 1.82) is 0 Å². The highest BCUT2D eigenvalue weighted by molar-refractivity contribution is 5.64. The molecule has 2 aliphatic carbocycles. The van der Waals surface area contributed by atoms with Crippen molar-refractivity contribution in [3.8, 4) is 22.6 Å². The van der Waals surface area contributed by atoms with Crippen LogP contribution in [0.5, 0.6) is 11.5 Å². The van der Waals surface area contributed by atoms with E-state index in [0.29, 0.717) is 18.8 Å². The molecular formula is C38H56O5. The van der Waals surface area contributed by atoms with E-state index in [1.807, 2.05) is 12.1 Å². The van der Waals surface area contributed by atoms with E-state index in [4.69, 9.17) is 23.7 Å². The molecule has 0 aliphatic heterocycles. The molecule has 0 radical (unpaired) electrons. The molecule has 0 heterocycles. The number of hydrogen-bond acceptors (Lipinski definition) is 5. The lowest BCUT2D eigenvalue weighted by molar-refractivity contribution is 0.0102. The van der Waals surface area contributed by atoms with Crippen LogP contribution in [-0.4, -0.2) is 52.4 Å². The van der Waals surface area contributed by atoms with Crippen LogP contribution in [0.3, 0.4) is 0 Å². The van der Waals surface area contributed by atoms with Crippen molar-refractivity contribution in [3.63, 3.8) is 0 Å². The van der Waals surface area contributed by atoms with Crippen molar-refractivity contribution in [2.24, 2.45) is 5.92 Å². The van der Waals surface area contributed by atoms with Gasteiger partial charge >= 0.3 is 0 Å². The summed E-state index contributed by atoms with van der Waals surface area (Å²) >= 11 is 0. The van der Waals surface area contributed by atoms with Gasteiger partial charge in [-0.15, -0.1) is 0 Å². The predicted molar refractivity (Wildman–Crippen MR) is 176 cm³/mol. The first-order chi connectivity index (χ1) is 21.2. The third-order valence-corrected chi connectivity index (χ3v) is 9.01. The third-order valence-electron chi connectivity index (χ3n) is 9.01. The SMILES string of the molecule is C=C1CCC(OCCCC2CCC(OCCCCCCOc3ccc(-c4ccc(OCCCOC)cc4)cc3)CC2)CC1. The van der Waals surface area contributed by atoms with Gasteiger partial charge < -0.3 is 23.7 Å². The van der Waals surface area contributed by atoms with Gasteiger partial charge in [0.05, 0.1) is 25.4 Å². The molecule has 2 aromatic rings. The molecule has 43 heavy (non-hydrogen) atoms. The molecule has 238 valence electrons. The highest BCUT2D eigenvalue weighted by atomic mass is 16.5. The molecular weight excluding hydrogens is 536 g/mol. The number of unbranched alkanes of at least 4 members (excludes halogenated alkanes) is 3. The van der Waals surface area contributed by atoms with E-state index in [2.05, 4.69) is 43.0 Å². The Morgan fingerprint density at radius 1 is 0.558 bits per heavy atom. The molecule has 0 N–H and O–H groups in total. The van der Waals surface area contributed by atoms with E-state index in [9.17, 15) is 0 Å². The maximum atomic E-state index is 6.23. The highest BCUT2D eigenvalue weighted by Gasteiger charge is 2.22. The lowest BCUT2D eigenvalue weighted by Crippen LogP contribution is -2.23. The maximum Gasteiger partial charge on any atom is 0.119 e. The molecule has 5 nitrogen and oxygen atoms in total. The molecule has 0 aromatic heterocycles. The van der Waals surface area contributed by atoms with E-state index in [1.54, 1.807) is 7.11 Å². The van der Waals surface area contributed by atoms with E-state index >= 15 is 0 Å². The zero-order valence-electron chi connectivity index (χ0n) is 26.7. The minimum absolute atomic E-state index is 0.478. The number of benzene rings is 2. The summed E-state index contributed by atoms with van der Waals surface area (Å²) in [5.41, 5.74) is 3.76. The van der Waals surface area contributed by atoms with Crippen LogP contribution >= 0.6 is 0 Å². The molecule has 2 aromatic carbocycles. The van der Waals surface area contributed by atoms with Crippen molar-refractivity contribution in [2.75, 3.05) is 40.1 Å². The van der Waals surface area contributed by atoms with Crippen molar-refractivity contribution in [3.05, 3.63) is 60.7 Å². The summed E-state index contributed by atoms with van der Waals surface area (Å²) in [7, 11) is 1.71. The summed E-state index contributed by atoms with van der Waals surface area (Å²) in [5, 5.41) is 0. The van der Waals surface area contributed by atoms with Gasteiger partial charge in [-0.1, -0.05) is 42.8 Å². The van der Waals surface area contributed by atoms with Gasteiger partial charge in [0.15, 0.2) is 0 Å². The monoisotopic (exact) mass is 592 g/mol. The Kier molecular flexibility index (Phi) is 15.5. The van der Waals surface area contributed by atoms with E-state index in [0.717, 1.165) is 75.9 Å². The fourth-order valence-corrected chi connectivity index (χ4v) is 6.25. The van der Waals surface area contributed by atoms with Crippen LogP contribution in [0.4, 0.5) is 0 Å². The molecule has 2 fully saturated rings. The maximum absolute atomic E-state index is 6.23. The normalized spacial score (nSPS) is 19.4. The van der Waals surface area contributed by atoms with E-state index < -0.39 is 0 Å². The number of rotatable bonds is 20. The minimum atomic E-state index is 0.478. The van der Waals surface area contributed by atoms with Crippen molar-refractivity contribution >= 4 is 0 Å². The Labute approximate surface area is 261 Å². The summed E-state index contributed by atoms with van der Waals surface area (Å²) in [5.74, 6) is 2.70. The largest absolute Gasteiger partial charge is 0.494 e. The van der Waals surface area contributed by atoms with Gasteiger partial charge in [0.25, 0.3) is 0 Å². The van der Waals surface area contributed by atoms with Crippen LogP contribution < -0.4 is 9.47 Å². The molecule has 0 bridgehead atoms. The van der Waals surface area contributed by atoms with Crippen LogP contribution in [0.15, 0.2) is 60.7 Å². The fourth-order valence-electron chi connectivity index (χ4n) is 6.25. The Morgan fingerprint density at radius 3 is 1.65 bits per heavy atom. The van der Waals surface area contributed by atoms with E-state index in [-0.39, 0.29) is 0 Å². The second-order valence-electron chi connectivity index (χ2n) is 12.5. The average molecular weight is 593 g/mol. The van der Waals surface area contributed by atoms with Gasteiger partial charge in [-0.3, -0.25) is 0 Å². The molecule has 0 saturated heterocycles. The second-order valence-corrected chi connectivity index (χ2v) is 12.5. The van der Waals surface area contributed by atoms with Crippen LogP contribution in [0.1, 0.15) is 96.3 Å². The lowest BCUT2D eigenvalue weighted by atomic mass is 9.84. The molecule has 4 rings (SSSR count). The fraction of sp³-hybridized carbons (Fsp3) is 0.632. The van der Waals surface area contributed by atoms with Gasteiger partial charge in [0, 0.05) is 33.4 Å². The summed E-state index contributed by atoms with van der Waals surface area (Å²) in [6.45, 7) is 8.10. The summed E-state index contributed by atoms with van der Waals surface area (Å²) in [6.07, 6.45) is 18.8. The first-order valence-corrected chi connectivity index (χ1v) is 17.0. The first-order valence-electron chi connectivity index (χ1n) is 17.0. The number of hydrogen-bond donors (Lipinski definition) is 0. The zero-order chi connectivity index (χ0) is 30.0. The molecule has 0 amide bonds. The van der Waals surface area contributed by atoms with E-state index in [1.165, 1.54) is 80.9 Å². The quantitative estimate of drug-likeness (QED) is 0.113. The lowest BCUT2D eigenvalue weighted by Gasteiger charge is -2.29. The smallest absolute Gasteiger partial charge is 0.119 e. The zero-order valence-corrected chi connectivity index (χ0v) is 26.7.